The molecule has 202 valence electrons. The van der Waals surface area contributed by atoms with Gasteiger partial charge in [-0.2, -0.15) is 0 Å². The number of piperazine rings is 1. The molecular formula is C32H40FN3O2. The molecule has 38 heavy (non-hydrogen) atoms. The first kappa shape index (κ1) is 27.8. The largest absolute Gasteiger partial charge is 0.497 e. The Morgan fingerprint density at radius 2 is 1.63 bits per heavy atom. The van der Waals surface area contributed by atoms with E-state index in [1.165, 1.54) is 17.7 Å². The van der Waals surface area contributed by atoms with Crippen molar-refractivity contribution >= 4 is 5.91 Å². The fourth-order valence-corrected chi connectivity index (χ4v) is 5.52. The standard InChI is InChI=1S/C32H40FN3O2/c1-6-34(7-2)32(37)27-15-13-26(14-16-27)31(28-9-8-10-30(19-28)38-5)36-21-23(3)35(20-24(36)4)22-25-11-17-29(33)18-12-25/h8-19,23-24,31H,6-7,20-22H2,1-5H3. The second-order valence-corrected chi connectivity index (χ2v) is 10.2. The molecule has 1 aliphatic rings. The van der Waals surface area contributed by atoms with Crippen LogP contribution in [-0.4, -0.2) is 66.0 Å². The zero-order valence-corrected chi connectivity index (χ0v) is 23.2. The first-order chi connectivity index (χ1) is 18.3. The van der Waals surface area contributed by atoms with Crippen molar-refractivity contribution < 1.29 is 13.9 Å². The zero-order valence-electron chi connectivity index (χ0n) is 23.2. The highest BCUT2D eigenvalue weighted by atomic mass is 19.1. The van der Waals surface area contributed by atoms with Gasteiger partial charge in [-0.05, 0) is 80.8 Å². The van der Waals surface area contributed by atoms with Crippen LogP contribution < -0.4 is 4.74 Å². The molecule has 0 aromatic heterocycles. The number of ether oxygens (including phenoxy) is 1. The van der Waals surface area contributed by atoms with Crippen molar-refractivity contribution in [3.05, 3.63) is 101 Å². The fourth-order valence-electron chi connectivity index (χ4n) is 5.52. The van der Waals surface area contributed by atoms with Crippen LogP contribution in [0.2, 0.25) is 0 Å². The smallest absolute Gasteiger partial charge is 0.253 e. The van der Waals surface area contributed by atoms with Crippen molar-refractivity contribution in [2.75, 3.05) is 33.3 Å². The molecule has 0 radical (unpaired) electrons. The average Bonchev–Trinajstić information content (AvgIpc) is 2.93. The van der Waals surface area contributed by atoms with Crippen LogP contribution in [0.5, 0.6) is 5.75 Å². The van der Waals surface area contributed by atoms with Gasteiger partial charge in [0.25, 0.3) is 5.91 Å². The molecule has 5 nitrogen and oxygen atoms in total. The van der Waals surface area contributed by atoms with Gasteiger partial charge in [0.15, 0.2) is 0 Å². The average molecular weight is 518 g/mol. The number of amides is 1. The molecule has 3 aromatic rings. The van der Waals surface area contributed by atoms with Gasteiger partial charge in [-0.25, -0.2) is 4.39 Å². The summed E-state index contributed by atoms with van der Waals surface area (Å²) in [5.74, 6) is 0.693. The maximum Gasteiger partial charge on any atom is 0.253 e. The number of carbonyl (C=O) groups excluding carboxylic acids is 1. The van der Waals surface area contributed by atoms with Gasteiger partial charge in [-0.3, -0.25) is 14.6 Å². The summed E-state index contributed by atoms with van der Waals surface area (Å²) in [5, 5.41) is 0. The first-order valence-electron chi connectivity index (χ1n) is 13.6. The molecule has 6 heteroatoms. The Morgan fingerprint density at radius 1 is 0.947 bits per heavy atom. The highest BCUT2D eigenvalue weighted by molar-refractivity contribution is 5.94. The fraction of sp³-hybridized carbons (Fsp3) is 0.406. The first-order valence-corrected chi connectivity index (χ1v) is 13.6. The van der Waals surface area contributed by atoms with Gasteiger partial charge in [-0.15, -0.1) is 0 Å². The van der Waals surface area contributed by atoms with Crippen molar-refractivity contribution in [1.29, 1.82) is 0 Å². The Kier molecular flexibility index (Phi) is 9.18. The molecule has 0 N–H and O–H groups in total. The summed E-state index contributed by atoms with van der Waals surface area (Å²) >= 11 is 0. The van der Waals surface area contributed by atoms with Crippen LogP contribution in [-0.2, 0) is 6.54 Å². The third kappa shape index (κ3) is 6.25. The predicted molar refractivity (Wildman–Crippen MR) is 151 cm³/mol. The minimum Gasteiger partial charge on any atom is -0.497 e. The summed E-state index contributed by atoms with van der Waals surface area (Å²) in [6.45, 7) is 12.5. The number of carbonyl (C=O) groups is 1. The van der Waals surface area contributed by atoms with Crippen molar-refractivity contribution in [2.24, 2.45) is 0 Å². The number of halogens is 1. The van der Waals surface area contributed by atoms with E-state index in [4.69, 9.17) is 4.74 Å². The van der Waals surface area contributed by atoms with Gasteiger partial charge in [0.05, 0.1) is 13.2 Å². The Hall–Kier alpha value is -3.22. The van der Waals surface area contributed by atoms with E-state index in [1.54, 1.807) is 7.11 Å². The van der Waals surface area contributed by atoms with E-state index in [2.05, 4.69) is 47.9 Å². The third-order valence-corrected chi connectivity index (χ3v) is 7.73. The van der Waals surface area contributed by atoms with E-state index in [0.717, 1.165) is 36.5 Å². The summed E-state index contributed by atoms with van der Waals surface area (Å²) < 4.78 is 19.0. The van der Waals surface area contributed by atoms with Crippen LogP contribution >= 0.6 is 0 Å². The molecule has 1 amide bonds. The molecule has 0 aliphatic carbocycles. The van der Waals surface area contributed by atoms with Crippen molar-refractivity contribution in [2.45, 2.75) is 52.4 Å². The van der Waals surface area contributed by atoms with Crippen LogP contribution in [0, 0.1) is 5.82 Å². The summed E-state index contributed by atoms with van der Waals surface area (Å²) in [6.07, 6.45) is 0. The van der Waals surface area contributed by atoms with Crippen molar-refractivity contribution in [1.82, 2.24) is 14.7 Å². The summed E-state index contributed by atoms with van der Waals surface area (Å²) in [5.41, 5.74) is 4.16. The van der Waals surface area contributed by atoms with Crippen LogP contribution in [0.4, 0.5) is 4.39 Å². The molecule has 1 heterocycles. The van der Waals surface area contributed by atoms with Gasteiger partial charge in [0.2, 0.25) is 0 Å². The Morgan fingerprint density at radius 3 is 2.26 bits per heavy atom. The van der Waals surface area contributed by atoms with E-state index < -0.39 is 0 Å². The summed E-state index contributed by atoms with van der Waals surface area (Å²) in [7, 11) is 1.70. The molecule has 3 unspecified atom stereocenters. The number of hydrogen-bond acceptors (Lipinski definition) is 4. The normalized spacial score (nSPS) is 19.2. The lowest BCUT2D eigenvalue weighted by molar-refractivity contribution is 0.0195. The van der Waals surface area contributed by atoms with Gasteiger partial charge in [-0.1, -0.05) is 36.4 Å². The molecule has 1 aliphatic heterocycles. The van der Waals surface area contributed by atoms with Gasteiger partial charge < -0.3 is 9.64 Å². The second kappa shape index (κ2) is 12.5. The maximum atomic E-state index is 13.4. The topological polar surface area (TPSA) is 36.0 Å². The lowest BCUT2D eigenvalue weighted by Gasteiger charge is -2.47. The molecular weight excluding hydrogens is 477 g/mol. The third-order valence-electron chi connectivity index (χ3n) is 7.73. The van der Waals surface area contributed by atoms with Crippen molar-refractivity contribution in [3.8, 4) is 5.75 Å². The maximum absolute atomic E-state index is 13.4. The summed E-state index contributed by atoms with van der Waals surface area (Å²) in [6, 6.07) is 23.8. The number of methoxy groups -OCH3 is 1. The minimum atomic E-state index is -0.203. The molecule has 3 aromatic carbocycles. The van der Waals surface area contributed by atoms with Crippen LogP contribution in [0.15, 0.2) is 72.8 Å². The second-order valence-electron chi connectivity index (χ2n) is 10.2. The van der Waals surface area contributed by atoms with E-state index in [-0.39, 0.29) is 23.8 Å². The van der Waals surface area contributed by atoms with Crippen LogP contribution in [0.1, 0.15) is 60.8 Å². The number of nitrogens with zero attached hydrogens (tertiary/aromatic N) is 3. The molecule has 0 bridgehead atoms. The van der Waals surface area contributed by atoms with E-state index in [0.29, 0.717) is 24.7 Å². The number of hydrogen-bond donors (Lipinski definition) is 0. The lowest BCUT2D eigenvalue weighted by atomic mass is 9.92. The van der Waals surface area contributed by atoms with Crippen molar-refractivity contribution in [3.63, 3.8) is 0 Å². The van der Waals surface area contributed by atoms with Crippen LogP contribution in [0.25, 0.3) is 0 Å². The molecule has 3 atom stereocenters. The van der Waals surface area contributed by atoms with Gasteiger partial charge >= 0.3 is 0 Å². The van der Waals surface area contributed by atoms with E-state index >= 15 is 0 Å². The lowest BCUT2D eigenvalue weighted by Crippen LogP contribution is -2.56. The highest BCUT2D eigenvalue weighted by Crippen LogP contribution is 2.35. The summed E-state index contributed by atoms with van der Waals surface area (Å²) in [4.78, 5) is 19.8. The quantitative estimate of drug-likeness (QED) is 0.349. The highest BCUT2D eigenvalue weighted by Gasteiger charge is 2.35. The van der Waals surface area contributed by atoms with E-state index in [1.807, 2.05) is 55.1 Å². The molecule has 1 fully saturated rings. The van der Waals surface area contributed by atoms with Gasteiger partial charge in [0, 0.05) is 50.4 Å². The monoisotopic (exact) mass is 517 g/mol. The zero-order chi connectivity index (χ0) is 27.2. The molecule has 1 saturated heterocycles. The molecule has 4 rings (SSSR count). The number of benzene rings is 3. The molecule has 0 spiro atoms. The number of rotatable bonds is 9. The Bertz CT molecular complexity index is 1190. The SMILES string of the molecule is CCN(CC)C(=O)c1ccc(C(c2cccc(OC)c2)N2CC(C)N(Cc3ccc(F)cc3)CC2C)cc1. The predicted octanol–water partition coefficient (Wildman–Crippen LogP) is 6.00. The Balaban J connectivity index is 1.62. The Labute approximate surface area is 226 Å². The van der Waals surface area contributed by atoms with E-state index in [9.17, 15) is 9.18 Å². The van der Waals surface area contributed by atoms with Gasteiger partial charge in [0.1, 0.15) is 11.6 Å². The van der Waals surface area contributed by atoms with Crippen LogP contribution in [0.3, 0.4) is 0 Å². The molecule has 0 saturated carbocycles. The minimum absolute atomic E-state index is 0.0214.